The molecule has 0 saturated heterocycles. The van der Waals surface area contributed by atoms with E-state index in [0.717, 1.165) is 0 Å². The van der Waals surface area contributed by atoms with Crippen molar-refractivity contribution in [3.8, 4) is 11.5 Å². The summed E-state index contributed by atoms with van der Waals surface area (Å²) < 4.78 is 36.9. The van der Waals surface area contributed by atoms with Crippen molar-refractivity contribution in [2.75, 3.05) is 27.8 Å². The summed E-state index contributed by atoms with van der Waals surface area (Å²) in [6.07, 6.45) is 1.00. The molecule has 21 heavy (non-hydrogen) atoms. The smallest absolute Gasteiger partial charge is 0.246 e. The molecular formula is C14H21NO5S. The van der Waals surface area contributed by atoms with Crippen molar-refractivity contribution in [1.82, 2.24) is 4.31 Å². The van der Waals surface area contributed by atoms with Gasteiger partial charge in [0.15, 0.2) is 0 Å². The van der Waals surface area contributed by atoms with E-state index in [9.17, 15) is 13.5 Å². The zero-order valence-electron chi connectivity index (χ0n) is 12.4. The fourth-order valence-electron chi connectivity index (χ4n) is 2.46. The lowest BCUT2D eigenvalue weighted by atomic mass is 9.82. The summed E-state index contributed by atoms with van der Waals surface area (Å²) in [4.78, 5) is 0.0896. The van der Waals surface area contributed by atoms with E-state index >= 15 is 0 Å². The van der Waals surface area contributed by atoms with Crippen molar-refractivity contribution in [3.05, 3.63) is 18.2 Å². The maximum atomic E-state index is 12.7. The molecule has 1 fully saturated rings. The molecule has 1 aliphatic carbocycles. The Bertz CT molecular complexity index is 595. The van der Waals surface area contributed by atoms with E-state index < -0.39 is 10.0 Å². The second kappa shape index (κ2) is 6.21. The number of aliphatic hydroxyl groups is 1. The third-order valence-electron chi connectivity index (χ3n) is 3.79. The summed E-state index contributed by atoms with van der Waals surface area (Å²) in [5, 5.41) is 9.30. The maximum Gasteiger partial charge on any atom is 0.246 e. The molecule has 1 N–H and O–H groups in total. The first kappa shape index (κ1) is 16.1. The normalized spacial score (nSPS) is 22.0. The Labute approximate surface area is 125 Å². The molecule has 0 atom stereocenters. The second-order valence-corrected chi connectivity index (χ2v) is 7.31. The highest BCUT2D eigenvalue weighted by molar-refractivity contribution is 7.89. The second-order valence-electron chi connectivity index (χ2n) is 5.29. The SMILES string of the molecule is COc1ccc(OC)c(S(=O)(=O)N(C)CC2CC(O)C2)c1. The first-order valence-corrected chi connectivity index (χ1v) is 8.19. The molecule has 6 nitrogen and oxygen atoms in total. The van der Waals surface area contributed by atoms with Gasteiger partial charge in [-0.05, 0) is 30.9 Å². The third-order valence-corrected chi connectivity index (χ3v) is 5.63. The highest BCUT2D eigenvalue weighted by Crippen LogP contribution is 2.33. The van der Waals surface area contributed by atoms with Crippen molar-refractivity contribution in [1.29, 1.82) is 0 Å². The Balaban J connectivity index is 2.25. The first-order chi connectivity index (χ1) is 9.88. The summed E-state index contributed by atoms with van der Waals surface area (Å²) in [5.74, 6) is 0.953. The molecule has 0 heterocycles. The minimum Gasteiger partial charge on any atom is -0.497 e. The Morgan fingerprint density at radius 2 is 1.95 bits per heavy atom. The summed E-state index contributed by atoms with van der Waals surface area (Å²) in [6, 6.07) is 4.69. The monoisotopic (exact) mass is 315 g/mol. The number of aliphatic hydroxyl groups excluding tert-OH is 1. The van der Waals surface area contributed by atoms with E-state index in [4.69, 9.17) is 9.47 Å². The molecule has 118 valence electrons. The molecule has 0 aliphatic heterocycles. The number of rotatable bonds is 6. The molecule has 0 unspecified atom stereocenters. The average molecular weight is 315 g/mol. The average Bonchev–Trinajstić information content (AvgIpc) is 2.44. The molecule has 1 aromatic rings. The van der Waals surface area contributed by atoms with Gasteiger partial charge in [-0.1, -0.05) is 0 Å². The summed E-state index contributed by atoms with van der Waals surface area (Å²) in [5.41, 5.74) is 0. The molecule has 0 amide bonds. The quantitative estimate of drug-likeness (QED) is 0.850. The van der Waals surface area contributed by atoms with Gasteiger partial charge in [0.25, 0.3) is 0 Å². The van der Waals surface area contributed by atoms with E-state index in [1.807, 2.05) is 0 Å². The maximum absolute atomic E-state index is 12.7. The predicted octanol–water partition coefficient (Wildman–Crippen LogP) is 1.10. The fraction of sp³-hybridized carbons (Fsp3) is 0.571. The Morgan fingerprint density at radius 3 is 2.48 bits per heavy atom. The van der Waals surface area contributed by atoms with Gasteiger partial charge in [-0.15, -0.1) is 0 Å². The van der Waals surface area contributed by atoms with Crippen molar-refractivity contribution >= 4 is 10.0 Å². The van der Waals surface area contributed by atoms with Crippen LogP contribution in [-0.2, 0) is 10.0 Å². The topological polar surface area (TPSA) is 76.1 Å². The van der Waals surface area contributed by atoms with Crippen LogP contribution in [0, 0.1) is 5.92 Å². The van der Waals surface area contributed by atoms with Gasteiger partial charge in [-0.25, -0.2) is 12.7 Å². The van der Waals surface area contributed by atoms with Crippen LogP contribution in [0.15, 0.2) is 23.1 Å². The lowest BCUT2D eigenvalue weighted by molar-refractivity contribution is 0.0367. The largest absolute Gasteiger partial charge is 0.497 e. The van der Waals surface area contributed by atoms with Crippen molar-refractivity contribution in [2.24, 2.45) is 5.92 Å². The molecule has 0 radical (unpaired) electrons. The molecule has 0 spiro atoms. The summed E-state index contributed by atoms with van der Waals surface area (Å²) >= 11 is 0. The molecule has 2 rings (SSSR count). The zero-order chi connectivity index (χ0) is 15.6. The molecule has 0 bridgehead atoms. The highest BCUT2D eigenvalue weighted by atomic mass is 32.2. The van der Waals surface area contributed by atoms with Crippen LogP contribution in [-0.4, -0.2) is 51.7 Å². The zero-order valence-corrected chi connectivity index (χ0v) is 13.3. The van der Waals surface area contributed by atoms with Crippen LogP contribution >= 0.6 is 0 Å². The van der Waals surface area contributed by atoms with Crippen LogP contribution in [0.2, 0.25) is 0 Å². The first-order valence-electron chi connectivity index (χ1n) is 6.75. The van der Waals surface area contributed by atoms with Crippen LogP contribution in [0.5, 0.6) is 11.5 Å². The van der Waals surface area contributed by atoms with E-state index in [0.29, 0.717) is 25.1 Å². The molecular weight excluding hydrogens is 294 g/mol. The van der Waals surface area contributed by atoms with Crippen LogP contribution in [0.3, 0.4) is 0 Å². The van der Waals surface area contributed by atoms with Crippen LogP contribution < -0.4 is 9.47 Å². The third kappa shape index (κ3) is 3.30. The van der Waals surface area contributed by atoms with Gasteiger partial charge in [-0.2, -0.15) is 0 Å². The standard InChI is InChI=1S/C14H21NO5S/c1-15(9-10-6-11(16)7-10)21(17,18)14-8-12(19-2)4-5-13(14)20-3/h4-5,8,10-11,16H,6-7,9H2,1-3H3. The minimum absolute atomic E-state index is 0.0896. The van der Waals surface area contributed by atoms with E-state index in [2.05, 4.69) is 0 Å². The molecule has 1 aliphatic rings. The van der Waals surface area contributed by atoms with Gasteiger partial charge < -0.3 is 14.6 Å². The number of nitrogens with zero attached hydrogens (tertiary/aromatic N) is 1. The van der Waals surface area contributed by atoms with Crippen molar-refractivity contribution < 1.29 is 23.0 Å². The van der Waals surface area contributed by atoms with Gasteiger partial charge in [0, 0.05) is 19.7 Å². The number of methoxy groups -OCH3 is 2. The van der Waals surface area contributed by atoms with Gasteiger partial charge in [-0.3, -0.25) is 0 Å². The number of ether oxygens (including phenoxy) is 2. The van der Waals surface area contributed by atoms with E-state index in [1.54, 1.807) is 19.2 Å². The van der Waals surface area contributed by atoms with Crippen molar-refractivity contribution in [2.45, 2.75) is 23.8 Å². The number of benzene rings is 1. The Hall–Kier alpha value is -1.31. The van der Waals surface area contributed by atoms with E-state index in [-0.39, 0.29) is 22.7 Å². The van der Waals surface area contributed by atoms with Gasteiger partial charge in [0.2, 0.25) is 10.0 Å². The number of hydrogen-bond acceptors (Lipinski definition) is 5. The van der Waals surface area contributed by atoms with Crippen LogP contribution in [0.1, 0.15) is 12.8 Å². The lowest BCUT2D eigenvalue weighted by Gasteiger charge is -2.34. The summed E-state index contributed by atoms with van der Waals surface area (Å²) in [7, 11) is 0.802. The van der Waals surface area contributed by atoms with Gasteiger partial charge in [0.05, 0.1) is 20.3 Å². The van der Waals surface area contributed by atoms with E-state index in [1.165, 1.54) is 24.6 Å². The lowest BCUT2D eigenvalue weighted by Crippen LogP contribution is -2.39. The molecule has 1 aromatic carbocycles. The summed E-state index contributed by atoms with van der Waals surface area (Å²) in [6.45, 7) is 0.389. The van der Waals surface area contributed by atoms with Gasteiger partial charge >= 0.3 is 0 Å². The van der Waals surface area contributed by atoms with Crippen LogP contribution in [0.25, 0.3) is 0 Å². The molecule has 7 heteroatoms. The number of sulfonamides is 1. The van der Waals surface area contributed by atoms with Gasteiger partial charge in [0.1, 0.15) is 16.4 Å². The van der Waals surface area contributed by atoms with Crippen molar-refractivity contribution in [3.63, 3.8) is 0 Å². The Morgan fingerprint density at radius 1 is 1.29 bits per heavy atom. The van der Waals surface area contributed by atoms with Crippen LogP contribution in [0.4, 0.5) is 0 Å². The number of hydrogen-bond donors (Lipinski definition) is 1. The molecule has 0 aromatic heterocycles. The predicted molar refractivity (Wildman–Crippen MR) is 78.1 cm³/mol. The molecule has 1 saturated carbocycles. The fourth-order valence-corrected chi connectivity index (χ4v) is 3.88. The highest BCUT2D eigenvalue weighted by Gasteiger charge is 2.33. The Kier molecular flexibility index (Phi) is 4.75. The minimum atomic E-state index is -3.66.